The van der Waals surface area contributed by atoms with Crippen molar-refractivity contribution >= 4 is 5.78 Å². The number of methoxy groups -OCH3 is 1. The van der Waals surface area contributed by atoms with E-state index in [1.807, 2.05) is 0 Å². The van der Waals surface area contributed by atoms with Crippen LogP contribution in [0.5, 0.6) is 5.75 Å². The highest BCUT2D eigenvalue weighted by Gasteiger charge is 2.13. The number of halogens is 1. The van der Waals surface area contributed by atoms with E-state index in [4.69, 9.17) is 4.74 Å². The van der Waals surface area contributed by atoms with Crippen LogP contribution in [0.3, 0.4) is 0 Å². The normalized spacial score (nSPS) is 9.60. The molecule has 1 aromatic rings. The van der Waals surface area contributed by atoms with Gasteiger partial charge in [-0.1, -0.05) is 11.6 Å². The molecule has 0 spiro atoms. The number of carbonyl (C=O) groups is 1. The topological polar surface area (TPSA) is 26.3 Å². The van der Waals surface area contributed by atoms with Crippen LogP contribution in [0.2, 0.25) is 0 Å². The summed E-state index contributed by atoms with van der Waals surface area (Å²) in [6.45, 7) is 3.58. The molecule has 0 N–H and O–H groups in total. The van der Waals surface area contributed by atoms with Gasteiger partial charge in [0, 0.05) is 0 Å². The molecular weight excluding hydrogens is 195 g/mol. The molecule has 0 fully saturated rings. The Morgan fingerprint density at radius 3 is 2.60 bits per heavy atom. The van der Waals surface area contributed by atoms with Crippen molar-refractivity contribution in [1.82, 2.24) is 0 Å². The molecule has 0 heterocycles. The van der Waals surface area contributed by atoms with Gasteiger partial charge in [-0.2, -0.15) is 0 Å². The first kappa shape index (κ1) is 11.4. The summed E-state index contributed by atoms with van der Waals surface area (Å²) >= 11 is 0. The number of carbonyl (C=O) groups excluding carboxylic acids is 1. The van der Waals surface area contributed by atoms with E-state index in [9.17, 15) is 9.18 Å². The van der Waals surface area contributed by atoms with Gasteiger partial charge < -0.3 is 4.74 Å². The van der Waals surface area contributed by atoms with E-state index in [0.717, 1.165) is 5.57 Å². The summed E-state index contributed by atoms with van der Waals surface area (Å²) in [4.78, 5) is 11.6. The zero-order valence-corrected chi connectivity index (χ0v) is 9.00. The zero-order valence-electron chi connectivity index (χ0n) is 9.00. The zero-order chi connectivity index (χ0) is 11.4. The van der Waals surface area contributed by atoms with Gasteiger partial charge in [0.2, 0.25) is 0 Å². The van der Waals surface area contributed by atoms with Crippen LogP contribution in [-0.4, -0.2) is 12.9 Å². The third kappa shape index (κ3) is 2.65. The van der Waals surface area contributed by atoms with E-state index in [2.05, 4.69) is 0 Å². The van der Waals surface area contributed by atoms with Crippen molar-refractivity contribution in [3.8, 4) is 5.75 Å². The van der Waals surface area contributed by atoms with E-state index in [1.165, 1.54) is 25.3 Å². The van der Waals surface area contributed by atoms with Crippen molar-refractivity contribution < 1.29 is 13.9 Å². The van der Waals surface area contributed by atoms with Crippen molar-refractivity contribution in [3.63, 3.8) is 0 Å². The SMILES string of the molecule is COc1cccc(C(=O)C=C(C)C)c1F. The fourth-order valence-corrected chi connectivity index (χ4v) is 1.20. The van der Waals surface area contributed by atoms with Crippen LogP contribution in [0.15, 0.2) is 29.8 Å². The fraction of sp³-hybridized carbons (Fsp3) is 0.250. The molecule has 15 heavy (non-hydrogen) atoms. The molecule has 0 saturated carbocycles. The van der Waals surface area contributed by atoms with Gasteiger partial charge in [0.25, 0.3) is 0 Å². The van der Waals surface area contributed by atoms with Crippen LogP contribution >= 0.6 is 0 Å². The first-order valence-electron chi connectivity index (χ1n) is 4.58. The molecule has 0 atom stereocenters. The van der Waals surface area contributed by atoms with Crippen LogP contribution in [0.1, 0.15) is 24.2 Å². The molecule has 1 aromatic carbocycles. The number of hydrogen-bond acceptors (Lipinski definition) is 2. The smallest absolute Gasteiger partial charge is 0.188 e. The van der Waals surface area contributed by atoms with Gasteiger partial charge in [-0.05, 0) is 32.1 Å². The van der Waals surface area contributed by atoms with Gasteiger partial charge >= 0.3 is 0 Å². The van der Waals surface area contributed by atoms with Gasteiger partial charge in [0.15, 0.2) is 17.3 Å². The first-order chi connectivity index (χ1) is 7.06. The third-order valence-corrected chi connectivity index (χ3v) is 1.87. The van der Waals surface area contributed by atoms with Crippen molar-refractivity contribution in [3.05, 3.63) is 41.2 Å². The Kier molecular flexibility index (Phi) is 3.61. The van der Waals surface area contributed by atoms with Gasteiger partial charge in [-0.25, -0.2) is 4.39 Å². The second kappa shape index (κ2) is 4.73. The van der Waals surface area contributed by atoms with Crippen molar-refractivity contribution in [2.24, 2.45) is 0 Å². The summed E-state index contributed by atoms with van der Waals surface area (Å²) in [6, 6.07) is 4.52. The van der Waals surface area contributed by atoms with E-state index in [-0.39, 0.29) is 17.1 Å². The molecule has 0 aliphatic rings. The molecule has 0 saturated heterocycles. The molecule has 0 aliphatic heterocycles. The molecule has 0 aromatic heterocycles. The van der Waals surface area contributed by atoms with Crippen LogP contribution in [0.4, 0.5) is 4.39 Å². The molecule has 3 heteroatoms. The lowest BCUT2D eigenvalue weighted by Crippen LogP contribution is -2.01. The number of rotatable bonds is 3. The number of ketones is 1. The molecule has 2 nitrogen and oxygen atoms in total. The molecule has 1 rings (SSSR count). The Labute approximate surface area is 88.4 Å². The number of ether oxygens (including phenoxy) is 1. The monoisotopic (exact) mass is 208 g/mol. The molecule has 80 valence electrons. The van der Waals surface area contributed by atoms with E-state index in [0.29, 0.717) is 0 Å². The predicted molar refractivity (Wildman–Crippen MR) is 56.7 cm³/mol. The number of allylic oxidation sites excluding steroid dienone is 2. The lowest BCUT2D eigenvalue weighted by atomic mass is 10.1. The van der Waals surface area contributed by atoms with Crippen molar-refractivity contribution in [2.45, 2.75) is 13.8 Å². The van der Waals surface area contributed by atoms with Gasteiger partial charge in [0.05, 0.1) is 12.7 Å². The van der Waals surface area contributed by atoms with E-state index >= 15 is 0 Å². The summed E-state index contributed by atoms with van der Waals surface area (Å²) in [5.41, 5.74) is 0.873. The Morgan fingerprint density at radius 1 is 1.40 bits per heavy atom. The maximum Gasteiger partial charge on any atom is 0.188 e. The lowest BCUT2D eigenvalue weighted by molar-refractivity contribution is 0.104. The lowest BCUT2D eigenvalue weighted by Gasteiger charge is -2.04. The van der Waals surface area contributed by atoms with Crippen LogP contribution < -0.4 is 4.74 Å². The highest BCUT2D eigenvalue weighted by molar-refractivity contribution is 6.05. The van der Waals surface area contributed by atoms with Crippen molar-refractivity contribution in [2.75, 3.05) is 7.11 Å². The summed E-state index contributed by atoms with van der Waals surface area (Å²) in [5.74, 6) is -0.864. The van der Waals surface area contributed by atoms with Crippen LogP contribution in [0, 0.1) is 5.82 Å². The second-order valence-electron chi connectivity index (χ2n) is 3.41. The maximum absolute atomic E-state index is 13.6. The summed E-state index contributed by atoms with van der Waals surface area (Å²) in [6.07, 6.45) is 1.40. The Morgan fingerprint density at radius 2 is 2.07 bits per heavy atom. The minimum Gasteiger partial charge on any atom is -0.494 e. The molecule has 0 aliphatic carbocycles. The standard InChI is InChI=1S/C12H13FO2/c1-8(2)7-10(14)9-5-4-6-11(15-3)12(9)13/h4-7H,1-3H3. The summed E-state index contributed by atoms with van der Waals surface area (Å²) in [7, 11) is 1.37. The molecule has 0 bridgehead atoms. The Balaban J connectivity index is 3.15. The molecule has 0 unspecified atom stereocenters. The van der Waals surface area contributed by atoms with Gasteiger partial charge in [-0.3, -0.25) is 4.79 Å². The number of hydrogen-bond donors (Lipinski definition) is 0. The Hall–Kier alpha value is -1.64. The van der Waals surface area contributed by atoms with Gasteiger partial charge in [-0.15, -0.1) is 0 Å². The first-order valence-corrected chi connectivity index (χ1v) is 4.58. The third-order valence-electron chi connectivity index (χ3n) is 1.87. The van der Waals surface area contributed by atoms with Crippen molar-refractivity contribution in [1.29, 1.82) is 0 Å². The predicted octanol–water partition coefficient (Wildman–Crippen LogP) is 2.98. The minimum absolute atomic E-state index is 0.0375. The molecule has 0 radical (unpaired) electrons. The minimum atomic E-state index is -0.609. The largest absolute Gasteiger partial charge is 0.494 e. The molecule has 0 amide bonds. The highest BCUT2D eigenvalue weighted by atomic mass is 19.1. The summed E-state index contributed by atoms with van der Waals surface area (Å²) < 4.78 is 18.4. The summed E-state index contributed by atoms with van der Waals surface area (Å²) in [5, 5.41) is 0. The van der Waals surface area contributed by atoms with Crippen LogP contribution in [-0.2, 0) is 0 Å². The average Bonchev–Trinajstić information content (AvgIpc) is 2.17. The van der Waals surface area contributed by atoms with E-state index in [1.54, 1.807) is 19.9 Å². The second-order valence-corrected chi connectivity index (χ2v) is 3.41. The van der Waals surface area contributed by atoms with Crippen LogP contribution in [0.25, 0.3) is 0 Å². The average molecular weight is 208 g/mol. The van der Waals surface area contributed by atoms with E-state index < -0.39 is 5.82 Å². The Bertz CT molecular complexity index is 404. The molecular formula is C12H13FO2. The maximum atomic E-state index is 13.6. The van der Waals surface area contributed by atoms with Gasteiger partial charge in [0.1, 0.15) is 0 Å². The quantitative estimate of drug-likeness (QED) is 0.563. The fourth-order valence-electron chi connectivity index (χ4n) is 1.20. The highest BCUT2D eigenvalue weighted by Crippen LogP contribution is 2.20. The number of benzene rings is 1.